The lowest BCUT2D eigenvalue weighted by atomic mass is 10.1. The number of anilines is 1. The summed E-state index contributed by atoms with van der Waals surface area (Å²) < 4.78 is 26.0. The number of benzene rings is 1. The molecule has 20 heavy (non-hydrogen) atoms. The molecule has 1 aliphatic heterocycles. The molecule has 0 atom stereocenters. The zero-order valence-corrected chi connectivity index (χ0v) is 12.0. The molecular formula is C13H17N3O3S. The van der Waals surface area contributed by atoms with Crippen molar-refractivity contribution in [2.45, 2.75) is 29.7 Å². The van der Waals surface area contributed by atoms with Crippen LogP contribution in [0.3, 0.4) is 0 Å². The number of carbonyl (C=O) groups excluding carboxylic acids is 1. The second kappa shape index (κ2) is 4.28. The number of nitrogens with two attached hydrogens (primary N) is 1. The Morgan fingerprint density at radius 1 is 1.40 bits per heavy atom. The van der Waals surface area contributed by atoms with E-state index in [1.807, 2.05) is 0 Å². The molecule has 3 N–H and O–H groups in total. The van der Waals surface area contributed by atoms with Crippen LogP contribution in [0.5, 0.6) is 0 Å². The van der Waals surface area contributed by atoms with Crippen molar-refractivity contribution in [3.63, 3.8) is 0 Å². The minimum absolute atomic E-state index is 0.102. The molecule has 7 heteroatoms. The number of hydrogen-bond acceptors (Lipinski definition) is 4. The molecule has 0 saturated heterocycles. The van der Waals surface area contributed by atoms with E-state index in [-0.39, 0.29) is 10.8 Å². The van der Waals surface area contributed by atoms with Gasteiger partial charge in [0.05, 0.1) is 10.4 Å². The van der Waals surface area contributed by atoms with E-state index in [2.05, 4.69) is 4.72 Å². The Balaban J connectivity index is 2.00. The highest BCUT2D eigenvalue weighted by molar-refractivity contribution is 7.89. The zero-order chi connectivity index (χ0) is 14.5. The number of rotatable bonds is 3. The predicted molar refractivity (Wildman–Crippen MR) is 74.9 cm³/mol. The fourth-order valence-electron chi connectivity index (χ4n) is 2.47. The van der Waals surface area contributed by atoms with Crippen LogP contribution in [0.25, 0.3) is 0 Å². The largest absolute Gasteiger partial charge is 0.317 e. The van der Waals surface area contributed by atoms with Gasteiger partial charge in [0.1, 0.15) is 0 Å². The molecule has 1 saturated carbocycles. The monoisotopic (exact) mass is 295 g/mol. The first-order valence-corrected chi connectivity index (χ1v) is 8.03. The number of nitrogens with one attached hydrogen (secondary N) is 1. The third kappa shape index (κ3) is 2.02. The van der Waals surface area contributed by atoms with Gasteiger partial charge >= 0.3 is 0 Å². The van der Waals surface area contributed by atoms with E-state index >= 15 is 0 Å². The summed E-state index contributed by atoms with van der Waals surface area (Å²) in [4.78, 5) is 14.1. The maximum Gasteiger partial charge on any atom is 0.247 e. The lowest BCUT2D eigenvalue weighted by Crippen LogP contribution is -2.45. The number of carbonyl (C=O) groups is 1. The van der Waals surface area contributed by atoms with E-state index in [4.69, 9.17) is 5.73 Å². The number of fused-ring (bicyclic) bond motifs is 1. The van der Waals surface area contributed by atoms with Crippen molar-refractivity contribution in [1.82, 2.24) is 4.72 Å². The van der Waals surface area contributed by atoms with Crippen molar-refractivity contribution in [2.75, 3.05) is 18.5 Å². The van der Waals surface area contributed by atoms with E-state index < -0.39 is 15.6 Å². The van der Waals surface area contributed by atoms with E-state index in [1.54, 1.807) is 23.1 Å². The van der Waals surface area contributed by atoms with Crippen LogP contribution in [0.2, 0.25) is 0 Å². The van der Waals surface area contributed by atoms with E-state index in [0.717, 1.165) is 12.0 Å². The van der Waals surface area contributed by atoms with Crippen molar-refractivity contribution >= 4 is 21.6 Å². The summed E-state index contributed by atoms with van der Waals surface area (Å²) >= 11 is 0. The molecule has 1 aliphatic carbocycles. The van der Waals surface area contributed by atoms with Gasteiger partial charge < -0.3 is 10.6 Å². The molecule has 6 nitrogen and oxygen atoms in total. The van der Waals surface area contributed by atoms with Crippen molar-refractivity contribution in [2.24, 2.45) is 5.73 Å². The summed E-state index contributed by atoms with van der Waals surface area (Å²) in [6.45, 7) is 0.566. The van der Waals surface area contributed by atoms with Gasteiger partial charge in [-0.15, -0.1) is 0 Å². The molecule has 1 aromatic rings. The molecule has 2 aliphatic rings. The Morgan fingerprint density at radius 2 is 2.10 bits per heavy atom. The lowest BCUT2D eigenvalue weighted by Gasteiger charge is -2.21. The lowest BCUT2D eigenvalue weighted by molar-refractivity contribution is -0.120. The van der Waals surface area contributed by atoms with Gasteiger partial charge in [0.25, 0.3) is 0 Å². The average molecular weight is 295 g/mol. The van der Waals surface area contributed by atoms with Gasteiger partial charge in [0.15, 0.2) is 0 Å². The maximum absolute atomic E-state index is 12.4. The highest BCUT2D eigenvalue weighted by Crippen LogP contribution is 2.39. The Labute approximate surface area is 118 Å². The smallest absolute Gasteiger partial charge is 0.247 e. The minimum atomic E-state index is -3.51. The SMILES string of the molecule is CNS(=O)(=O)c1ccc2c(c1)N(C(=O)C1(N)CC1)CC2. The summed E-state index contributed by atoms with van der Waals surface area (Å²) in [5.74, 6) is -0.102. The van der Waals surface area contributed by atoms with Crippen LogP contribution in [0.4, 0.5) is 5.69 Å². The Kier molecular flexibility index (Phi) is 2.89. The molecule has 3 rings (SSSR count). The zero-order valence-electron chi connectivity index (χ0n) is 11.2. The van der Waals surface area contributed by atoms with Crippen LogP contribution >= 0.6 is 0 Å². The first-order valence-electron chi connectivity index (χ1n) is 6.55. The van der Waals surface area contributed by atoms with Crippen molar-refractivity contribution in [1.29, 1.82) is 0 Å². The van der Waals surface area contributed by atoms with Crippen LogP contribution < -0.4 is 15.4 Å². The van der Waals surface area contributed by atoms with Crippen molar-refractivity contribution in [3.8, 4) is 0 Å². The third-order valence-electron chi connectivity index (χ3n) is 3.99. The quantitative estimate of drug-likeness (QED) is 0.819. The molecule has 0 bridgehead atoms. The van der Waals surface area contributed by atoms with Crippen molar-refractivity contribution < 1.29 is 13.2 Å². The topological polar surface area (TPSA) is 92.5 Å². The normalized spacial score (nSPS) is 19.8. The molecule has 0 spiro atoms. The third-order valence-corrected chi connectivity index (χ3v) is 5.40. The first-order chi connectivity index (χ1) is 9.37. The molecular weight excluding hydrogens is 278 g/mol. The number of nitrogens with zero attached hydrogens (tertiary/aromatic N) is 1. The van der Waals surface area contributed by atoms with Crippen LogP contribution in [-0.4, -0.2) is 33.5 Å². The maximum atomic E-state index is 12.4. The van der Waals surface area contributed by atoms with Crippen LogP contribution in [0, 0.1) is 0 Å². The highest BCUT2D eigenvalue weighted by atomic mass is 32.2. The van der Waals surface area contributed by atoms with Crippen LogP contribution in [0.15, 0.2) is 23.1 Å². The van der Waals surface area contributed by atoms with Gasteiger partial charge in [0.2, 0.25) is 15.9 Å². The summed E-state index contributed by atoms with van der Waals surface area (Å²) in [7, 11) is -2.14. The average Bonchev–Trinajstić information content (AvgIpc) is 3.05. The van der Waals surface area contributed by atoms with Gasteiger partial charge in [-0.05, 0) is 44.0 Å². The first kappa shape index (κ1) is 13.5. The second-order valence-electron chi connectivity index (χ2n) is 5.36. The molecule has 1 aromatic carbocycles. The van der Waals surface area contributed by atoms with E-state index in [0.29, 0.717) is 25.1 Å². The molecule has 108 valence electrons. The molecule has 0 radical (unpaired) electrons. The fraction of sp³-hybridized carbons (Fsp3) is 0.462. The van der Waals surface area contributed by atoms with Crippen LogP contribution in [-0.2, 0) is 21.2 Å². The fourth-order valence-corrected chi connectivity index (χ4v) is 3.22. The summed E-state index contributed by atoms with van der Waals surface area (Å²) in [6.07, 6.45) is 2.13. The van der Waals surface area contributed by atoms with E-state index in [9.17, 15) is 13.2 Å². The van der Waals surface area contributed by atoms with Gasteiger partial charge in [-0.2, -0.15) is 0 Å². The number of amides is 1. The van der Waals surface area contributed by atoms with Crippen LogP contribution in [0.1, 0.15) is 18.4 Å². The summed E-state index contributed by atoms with van der Waals surface area (Å²) in [6, 6.07) is 4.88. The standard InChI is InChI=1S/C13H17N3O3S/c1-15-20(18,19)10-3-2-9-4-7-16(11(9)8-10)12(17)13(14)5-6-13/h2-3,8,15H,4-7,14H2,1H3. The van der Waals surface area contributed by atoms with Gasteiger partial charge in [-0.1, -0.05) is 6.07 Å². The van der Waals surface area contributed by atoms with Gasteiger partial charge in [-0.3, -0.25) is 4.79 Å². The van der Waals surface area contributed by atoms with Crippen molar-refractivity contribution in [3.05, 3.63) is 23.8 Å². The molecule has 0 aromatic heterocycles. The predicted octanol–water partition coefficient (Wildman–Crippen LogP) is -0.0249. The van der Waals surface area contributed by atoms with Gasteiger partial charge in [0, 0.05) is 12.2 Å². The molecule has 1 heterocycles. The minimum Gasteiger partial charge on any atom is -0.317 e. The molecule has 1 fully saturated rings. The Hall–Kier alpha value is -1.44. The molecule has 1 amide bonds. The van der Waals surface area contributed by atoms with Gasteiger partial charge in [-0.25, -0.2) is 13.1 Å². The second-order valence-corrected chi connectivity index (χ2v) is 7.25. The Bertz CT molecular complexity index is 680. The number of hydrogen-bond donors (Lipinski definition) is 2. The van der Waals surface area contributed by atoms with E-state index in [1.165, 1.54) is 7.05 Å². The Morgan fingerprint density at radius 3 is 2.70 bits per heavy atom. The highest BCUT2D eigenvalue weighted by Gasteiger charge is 2.49. The summed E-state index contributed by atoms with van der Waals surface area (Å²) in [5, 5.41) is 0. The number of sulfonamides is 1. The summed E-state index contributed by atoms with van der Waals surface area (Å²) in [5.41, 5.74) is 6.87. The molecule has 0 unspecified atom stereocenters.